The normalized spacial score (nSPS) is 10.3. The van der Waals surface area contributed by atoms with Gasteiger partial charge in [-0.1, -0.05) is 0 Å². The molecule has 0 spiro atoms. The summed E-state index contributed by atoms with van der Waals surface area (Å²) in [6.45, 7) is 2.26. The minimum absolute atomic E-state index is 0.821. The zero-order valence-electron chi connectivity index (χ0n) is 4.97. The molecular weight excluding hydrogens is 220 g/mol. The van der Waals surface area contributed by atoms with Crippen LogP contribution < -0.4 is 0 Å². The van der Waals surface area contributed by atoms with Gasteiger partial charge in [0.15, 0.2) is 0 Å². The van der Waals surface area contributed by atoms with Crippen molar-refractivity contribution >= 4 is 26.5 Å². The summed E-state index contributed by atoms with van der Waals surface area (Å²) in [6, 6.07) is 0. The van der Waals surface area contributed by atoms with Crippen molar-refractivity contribution in [2.45, 2.75) is 12.2 Å². The van der Waals surface area contributed by atoms with Gasteiger partial charge in [0.1, 0.15) is 0 Å². The average Bonchev–Trinajstić information content (AvgIpc) is 1.61. The first-order valence-corrected chi connectivity index (χ1v) is 8.55. The van der Waals surface area contributed by atoms with Gasteiger partial charge in [0.05, 0.1) is 0 Å². The third-order valence-corrected chi connectivity index (χ3v) is 8.63. The molecule has 7 heavy (non-hydrogen) atoms. The van der Waals surface area contributed by atoms with Crippen LogP contribution in [0.15, 0.2) is 0 Å². The molecule has 0 aliphatic carbocycles. The van der Waals surface area contributed by atoms with E-state index >= 15 is 0 Å². The summed E-state index contributed by atoms with van der Waals surface area (Å²) in [4.78, 5) is 0. The first-order chi connectivity index (χ1) is 3.27. The van der Waals surface area contributed by atoms with E-state index in [0.29, 0.717) is 0 Å². The van der Waals surface area contributed by atoms with E-state index in [0.717, 1.165) is 26.5 Å². The second-order valence-electron chi connectivity index (χ2n) is 1.29. The molecule has 0 aliphatic heterocycles. The van der Waals surface area contributed by atoms with E-state index in [1.54, 1.807) is 0 Å². The molecule has 0 amide bonds. The van der Waals surface area contributed by atoms with Gasteiger partial charge in [-0.2, -0.15) is 0 Å². The van der Waals surface area contributed by atoms with Crippen molar-refractivity contribution in [2.24, 2.45) is 0 Å². The molecule has 0 aromatic heterocycles. The first-order valence-electron chi connectivity index (χ1n) is 2.24. The molecule has 3 heteroatoms. The maximum atomic E-state index is 2.30. The molecule has 0 aromatic carbocycles. The van der Waals surface area contributed by atoms with Gasteiger partial charge in [0, 0.05) is 0 Å². The number of hydrogen-bond acceptors (Lipinski definition) is 1. The van der Waals surface area contributed by atoms with Crippen molar-refractivity contribution in [3.05, 3.63) is 0 Å². The van der Waals surface area contributed by atoms with Gasteiger partial charge < -0.3 is 0 Å². The molecular formula is C4H11NSe2. The Bertz CT molecular complexity index is 38.7. The molecule has 0 bridgehead atoms. The van der Waals surface area contributed by atoms with Crippen LogP contribution in [0.3, 0.4) is 0 Å². The Balaban J connectivity index is 2.68. The van der Waals surface area contributed by atoms with Crippen LogP contribution in [0.2, 0.25) is 5.32 Å². The Morgan fingerprint density at radius 3 is 2.14 bits per heavy atom. The van der Waals surface area contributed by atoms with Gasteiger partial charge >= 0.3 is 56.7 Å². The molecule has 0 atom stereocenters. The molecule has 0 radical (unpaired) electrons. The van der Waals surface area contributed by atoms with Crippen LogP contribution in [0.4, 0.5) is 0 Å². The summed E-state index contributed by atoms with van der Waals surface area (Å²) < 4.78 is 2.30. The summed E-state index contributed by atoms with van der Waals surface area (Å²) in [5, 5.41) is 1.39. The summed E-state index contributed by atoms with van der Waals surface area (Å²) in [5.74, 6) is 0. The van der Waals surface area contributed by atoms with E-state index in [-0.39, 0.29) is 0 Å². The van der Waals surface area contributed by atoms with Crippen molar-refractivity contribution in [1.82, 2.24) is 3.92 Å². The molecule has 0 unspecified atom stereocenters. The second-order valence-corrected chi connectivity index (χ2v) is 9.04. The van der Waals surface area contributed by atoms with Crippen molar-refractivity contribution < 1.29 is 0 Å². The second kappa shape index (κ2) is 5.14. The van der Waals surface area contributed by atoms with E-state index in [1.807, 2.05) is 0 Å². The van der Waals surface area contributed by atoms with Crippen LogP contribution in [0.1, 0.15) is 6.92 Å². The average molecular weight is 231 g/mol. The predicted octanol–water partition coefficient (Wildman–Crippen LogP) is 0.225. The first kappa shape index (κ1) is 8.00. The predicted molar refractivity (Wildman–Crippen MR) is 35.7 cm³/mol. The van der Waals surface area contributed by atoms with Crippen LogP contribution in [0.25, 0.3) is 0 Å². The number of nitrogens with zero attached hydrogens (tertiary/aromatic N) is 1. The third-order valence-electron chi connectivity index (χ3n) is 0.320. The van der Waals surface area contributed by atoms with Gasteiger partial charge in [0.25, 0.3) is 0 Å². The molecule has 0 heterocycles. The molecule has 44 valence electrons. The van der Waals surface area contributed by atoms with Crippen molar-refractivity contribution in [3.63, 3.8) is 0 Å². The van der Waals surface area contributed by atoms with Crippen molar-refractivity contribution in [3.8, 4) is 0 Å². The van der Waals surface area contributed by atoms with Gasteiger partial charge in [-0.3, -0.25) is 0 Å². The SMILES string of the molecule is CC[Se][Se]N(C)C. The van der Waals surface area contributed by atoms with Crippen LogP contribution >= 0.6 is 0 Å². The summed E-state index contributed by atoms with van der Waals surface area (Å²) >= 11 is 1.75. The molecule has 0 rings (SSSR count). The van der Waals surface area contributed by atoms with Gasteiger partial charge in [0.2, 0.25) is 0 Å². The van der Waals surface area contributed by atoms with E-state index in [1.165, 1.54) is 5.32 Å². The van der Waals surface area contributed by atoms with Gasteiger partial charge in [-0.05, 0) is 0 Å². The van der Waals surface area contributed by atoms with Crippen LogP contribution in [0, 0.1) is 0 Å². The molecule has 0 fully saturated rings. The minimum atomic E-state index is 0.821. The maximum absolute atomic E-state index is 2.30. The Hall–Kier alpha value is 0.999. The molecule has 1 nitrogen and oxygen atoms in total. The fraction of sp³-hybridized carbons (Fsp3) is 1.00. The summed E-state index contributed by atoms with van der Waals surface area (Å²) in [5.41, 5.74) is 0. The monoisotopic (exact) mass is 233 g/mol. The fourth-order valence-corrected chi connectivity index (χ4v) is 4.27. The Morgan fingerprint density at radius 1 is 1.43 bits per heavy atom. The Morgan fingerprint density at radius 2 is 2.00 bits per heavy atom. The molecule has 0 saturated heterocycles. The third kappa shape index (κ3) is 7.00. The molecule has 0 aliphatic rings. The van der Waals surface area contributed by atoms with E-state index in [9.17, 15) is 0 Å². The van der Waals surface area contributed by atoms with E-state index in [4.69, 9.17) is 0 Å². The van der Waals surface area contributed by atoms with Gasteiger partial charge in [-0.15, -0.1) is 0 Å². The van der Waals surface area contributed by atoms with E-state index < -0.39 is 0 Å². The van der Waals surface area contributed by atoms with Crippen LogP contribution in [-0.2, 0) is 0 Å². The Labute approximate surface area is 56.9 Å². The molecule has 0 saturated carbocycles. The fourth-order valence-electron chi connectivity index (χ4n) is 0.158. The summed E-state index contributed by atoms with van der Waals surface area (Å²) in [6.07, 6.45) is 0. The van der Waals surface area contributed by atoms with Crippen LogP contribution in [0.5, 0.6) is 0 Å². The number of rotatable bonds is 3. The van der Waals surface area contributed by atoms with Gasteiger partial charge in [-0.25, -0.2) is 0 Å². The Kier molecular flexibility index (Phi) is 5.88. The molecule has 0 aromatic rings. The quantitative estimate of drug-likeness (QED) is 0.628. The zero-order chi connectivity index (χ0) is 5.70. The summed E-state index contributed by atoms with van der Waals surface area (Å²) in [7, 11) is 4.30. The molecule has 0 N–H and O–H groups in total. The van der Waals surface area contributed by atoms with Crippen molar-refractivity contribution in [1.29, 1.82) is 0 Å². The van der Waals surface area contributed by atoms with Crippen LogP contribution in [-0.4, -0.2) is 44.5 Å². The standard InChI is InChI=1S/C4H11NSe2/c1-4-6-7-5(2)3/h4H2,1-3H3. The van der Waals surface area contributed by atoms with Crippen molar-refractivity contribution in [2.75, 3.05) is 14.1 Å². The number of hydrogen-bond donors (Lipinski definition) is 0. The topological polar surface area (TPSA) is 3.24 Å². The van der Waals surface area contributed by atoms with E-state index in [2.05, 4.69) is 24.9 Å². The zero-order valence-corrected chi connectivity index (χ0v) is 8.40.